The lowest BCUT2D eigenvalue weighted by atomic mass is 10.1. The number of halogens is 2. The van der Waals surface area contributed by atoms with Crippen LogP contribution in [0.25, 0.3) is 0 Å². The molecular weight excluding hydrogens is 398 g/mol. The molecule has 0 saturated carbocycles. The Morgan fingerprint density at radius 2 is 1.93 bits per heavy atom. The summed E-state index contributed by atoms with van der Waals surface area (Å²) in [5.74, 6) is -1.53. The van der Waals surface area contributed by atoms with Gasteiger partial charge in [0.15, 0.2) is 5.82 Å². The van der Waals surface area contributed by atoms with Gasteiger partial charge in [-0.05, 0) is 49.7 Å². The highest BCUT2D eigenvalue weighted by molar-refractivity contribution is 7.99. The number of aryl methyl sites for hydroxylation is 2. The average molecular weight is 418 g/mol. The number of benzene rings is 2. The maximum absolute atomic E-state index is 12.6. The molecule has 0 bridgehead atoms. The quantitative estimate of drug-likeness (QED) is 0.384. The van der Waals surface area contributed by atoms with E-state index in [0.29, 0.717) is 64.7 Å². The molecular formula is C20H20F2N4O2S. The van der Waals surface area contributed by atoms with E-state index < -0.39 is 5.76 Å². The number of thioether (sulfide) groups is 1. The van der Waals surface area contributed by atoms with Crippen LogP contribution in [0.15, 0.2) is 57.9 Å². The molecule has 3 rings (SSSR count). The van der Waals surface area contributed by atoms with Gasteiger partial charge in [0, 0.05) is 23.5 Å². The summed E-state index contributed by atoms with van der Waals surface area (Å²) < 4.78 is 29.9. The number of para-hydroxylation sites is 1. The lowest BCUT2D eigenvalue weighted by Crippen LogP contribution is -2.25. The van der Waals surface area contributed by atoms with Crippen LogP contribution in [0, 0.1) is 6.92 Å². The van der Waals surface area contributed by atoms with Crippen LogP contribution < -0.4 is 10.6 Å². The molecule has 0 atom stereocenters. The third-order valence-corrected chi connectivity index (χ3v) is 4.68. The predicted molar refractivity (Wildman–Crippen MR) is 108 cm³/mol. The average Bonchev–Trinajstić information content (AvgIpc) is 3.12. The number of amides is 1. The van der Waals surface area contributed by atoms with Crippen LogP contribution in [0.1, 0.15) is 28.5 Å². The van der Waals surface area contributed by atoms with Gasteiger partial charge >= 0.3 is 0 Å². The van der Waals surface area contributed by atoms with E-state index in [-0.39, 0.29) is 5.91 Å². The number of anilines is 2. The van der Waals surface area contributed by atoms with Crippen LogP contribution in [0.2, 0.25) is 0 Å². The summed E-state index contributed by atoms with van der Waals surface area (Å²) in [4.78, 5) is 17.2. The second kappa shape index (κ2) is 10.0. The molecule has 29 heavy (non-hydrogen) atoms. The monoisotopic (exact) mass is 418 g/mol. The summed E-state index contributed by atoms with van der Waals surface area (Å²) in [5, 5.41) is 9.77. The molecule has 0 aliphatic heterocycles. The van der Waals surface area contributed by atoms with Crippen LogP contribution in [0.3, 0.4) is 0 Å². The number of aromatic nitrogens is 2. The topological polar surface area (TPSA) is 80.0 Å². The van der Waals surface area contributed by atoms with Gasteiger partial charge in [0.05, 0.1) is 11.3 Å². The van der Waals surface area contributed by atoms with Crippen molar-refractivity contribution in [2.24, 2.45) is 0 Å². The Balaban J connectivity index is 1.56. The molecule has 0 radical (unpaired) electrons. The maximum atomic E-state index is 12.6. The van der Waals surface area contributed by atoms with Crippen molar-refractivity contribution in [2.45, 2.75) is 30.4 Å². The Bertz CT molecular complexity index is 948. The predicted octanol–water partition coefficient (Wildman–Crippen LogP) is 4.80. The molecule has 1 heterocycles. The summed E-state index contributed by atoms with van der Waals surface area (Å²) in [7, 11) is 0. The fourth-order valence-corrected chi connectivity index (χ4v) is 3.14. The first-order valence-electron chi connectivity index (χ1n) is 8.99. The molecule has 0 saturated heterocycles. The van der Waals surface area contributed by atoms with Crippen molar-refractivity contribution in [3.05, 3.63) is 65.8 Å². The van der Waals surface area contributed by atoms with E-state index in [1.54, 1.807) is 49.4 Å². The van der Waals surface area contributed by atoms with Crippen molar-refractivity contribution in [3.63, 3.8) is 0 Å². The second-order valence-electron chi connectivity index (χ2n) is 6.17. The van der Waals surface area contributed by atoms with E-state index in [1.165, 1.54) is 0 Å². The number of nitrogens with zero attached hydrogens (tertiary/aromatic N) is 2. The minimum absolute atomic E-state index is 0.209. The Morgan fingerprint density at radius 1 is 1.17 bits per heavy atom. The minimum Gasteiger partial charge on any atom is -0.355 e. The van der Waals surface area contributed by atoms with Crippen molar-refractivity contribution >= 4 is 29.0 Å². The zero-order valence-corrected chi connectivity index (χ0v) is 16.5. The van der Waals surface area contributed by atoms with Crippen LogP contribution >= 0.6 is 11.8 Å². The first-order valence-corrected chi connectivity index (χ1v) is 9.87. The molecule has 0 unspecified atom stereocenters. The van der Waals surface area contributed by atoms with E-state index in [1.807, 2.05) is 6.07 Å². The van der Waals surface area contributed by atoms with Crippen molar-refractivity contribution in [2.75, 3.05) is 11.9 Å². The van der Waals surface area contributed by atoms with Gasteiger partial charge in [-0.1, -0.05) is 29.1 Å². The number of carbonyl (C=O) groups excluding carboxylic acids is 1. The SMILES string of the molecule is Cc1noc(CCCNC(=O)c2ccccc2Nc2ccc(SC(F)F)cc2)n1. The third kappa shape index (κ3) is 6.28. The number of hydrogen-bond donors (Lipinski definition) is 2. The molecule has 2 aromatic carbocycles. The number of nitrogens with one attached hydrogen (secondary N) is 2. The van der Waals surface area contributed by atoms with E-state index in [2.05, 4.69) is 20.8 Å². The Labute approximate surface area is 171 Å². The van der Waals surface area contributed by atoms with Gasteiger partial charge in [0.1, 0.15) is 0 Å². The standard InChI is InChI=1S/C20H20F2N4O2S/c1-13-24-18(28-26-13)7-4-12-23-19(27)16-5-2-3-6-17(16)25-14-8-10-15(11-9-14)29-20(21)22/h2-3,5-6,8-11,20,25H,4,7,12H2,1H3,(H,23,27). The van der Waals surface area contributed by atoms with Crippen LogP contribution in [0.4, 0.5) is 20.2 Å². The molecule has 9 heteroatoms. The molecule has 0 aliphatic rings. The highest BCUT2D eigenvalue weighted by Gasteiger charge is 2.12. The minimum atomic E-state index is -2.46. The van der Waals surface area contributed by atoms with Crippen LogP contribution in [0.5, 0.6) is 0 Å². The Hall–Kier alpha value is -2.94. The summed E-state index contributed by atoms with van der Waals surface area (Å²) in [6.07, 6.45) is 1.26. The number of rotatable bonds is 9. The normalized spacial score (nSPS) is 10.9. The third-order valence-electron chi connectivity index (χ3n) is 3.95. The molecule has 152 valence electrons. The maximum Gasteiger partial charge on any atom is 0.288 e. The number of hydrogen-bond acceptors (Lipinski definition) is 6. The van der Waals surface area contributed by atoms with Gasteiger partial charge in [0.25, 0.3) is 11.7 Å². The lowest BCUT2D eigenvalue weighted by Gasteiger charge is -2.12. The smallest absolute Gasteiger partial charge is 0.288 e. The van der Waals surface area contributed by atoms with Gasteiger partial charge < -0.3 is 15.2 Å². The highest BCUT2D eigenvalue weighted by atomic mass is 32.2. The van der Waals surface area contributed by atoms with Gasteiger partial charge in [-0.15, -0.1) is 0 Å². The van der Waals surface area contributed by atoms with E-state index in [0.717, 1.165) is 0 Å². The van der Waals surface area contributed by atoms with Crippen LogP contribution in [-0.2, 0) is 6.42 Å². The first kappa shape index (κ1) is 20.8. The molecule has 1 aromatic heterocycles. The van der Waals surface area contributed by atoms with Crippen LogP contribution in [-0.4, -0.2) is 28.4 Å². The van der Waals surface area contributed by atoms with E-state index in [9.17, 15) is 13.6 Å². The molecule has 3 aromatic rings. The zero-order valence-electron chi connectivity index (χ0n) is 15.7. The van der Waals surface area contributed by atoms with Crippen molar-refractivity contribution in [3.8, 4) is 0 Å². The highest BCUT2D eigenvalue weighted by Crippen LogP contribution is 2.27. The van der Waals surface area contributed by atoms with Crippen molar-refractivity contribution in [1.29, 1.82) is 0 Å². The Morgan fingerprint density at radius 3 is 2.62 bits per heavy atom. The largest absolute Gasteiger partial charge is 0.355 e. The zero-order chi connectivity index (χ0) is 20.6. The summed E-state index contributed by atoms with van der Waals surface area (Å²) in [5.41, 5.74) is 1.83. The van der Waals surface area contributed by atoms with E-state index >= 15 is 0 Å². The Kier molecular flexibility index (Phi) is 7.18. The van der Waals surface area contributed by atoms with Crippen molar-refractivity contribution < 1.29 is 18.1 Å². The summed E-state index contributed by atoms with van der Waals surface area (Å²) >= 11 is 0.492. The fraction of sp³-hybridized carbons (Fsp3) is 0.250. The molecule has 1 amide bonds. The first-order chi connectivity index (χ1) is 14.0. The molecule has 0 fully saturated rings. The van der Waals surface area contributed by atoms with Gasteiger partial charge in [-0.3, -0.25) is 4.79 Å². The van der Waals surface area contributed by atoms with Gasteiger partial charge in [-0.25, -0.2) is 0 Å². The number of carbonyl (C=O) groups is 1. The summed E-state index contributed by atoms with van der Waals surface area (Å²) in [6, 6.07) is 13.7. The van der Waals surface area contributed by atoms with Gasteiger partial charge in [0.2, 0.25) is 5.89 Å². The molecule has 6 nitrogen and oxygen atoms in total. The second-order valence-corrected chi connectivity index (χ2v) is 7.23. The summed E-state index contributed by atoms with van der Waals surface area (Å²) in [6.45, 7) is 2.22. The fourth-order valence-electron chi connectivity index (χ4n) is 2.64. The number of alkyl halides is 2. The van der Waals surface area contributed by atoms with Crippen molar-refractivity contribution in [1.82, 2.24) is 15.5 Å². The van der Waals surface area contributed by atoms with E-state index in [4.69, 9.17) is 4.52 Å². The lowest BCUT2D eigenvalue weighted by molar-refractivity contribution is 0.0953. The molecule has 2 N–H and O–H groups in total. The van der Waals surface area contributed by atoms with Gasteiger partial charge in [-0.2, -0.15) is 13.8 Å². The molecule has 0 spiro atoms. The molecule has 0 aliphatic carbocycles.